The molecule has 1 aliphatic heterocycles. The average molecular weight is 591 g/mol. The molecule has 43 heavy (non-hydrogen) atoms. The fraction of sp³-hybridized carbons (Fsp3) is 0.487. The highest BCUT2D eigenvalue weighted by atomic mass is 31.2. The van der Waals surface area contributed by atoms with Gasteiger partial charge in [0, 0.05) is 24.0 Å². The molecule has 224 valence electrons. The van der Waals surface area contributed by atoms with Crippen LogP contribution < -0.4 is 9.76 Å². The van der Waals surface area contributed by atoms with Gasteiger partial charge in [0.15, 0.2) is 0 Å². The highest BCUT2D eigenvalue weighted by molar-refractivity contribution is 7.63. The molecule has 0 amide bonds. The number of hydrogen-bond acceptors (Lipinski definition) is 1. The monoisotopic (exact) mass is 590 g/mol. The Hall–Kier alpha value is -2.61. The van der Waals surface area contributed by atoms with Crippen LogP contribution in [0.3, 0.4) is 0 Å². The number of hydrogen-bond donors (Lipinski definition) is 1. The van der Waals surface area contributed by atoms with Gasteiger partial charge in [0.25, 0.3) is 0 Å². The zero-order chi connectivity index (χ0) is 29.0. The molecular weight excluding hydrogens is 543 g/mol. The van der Waals surface area contributed by atoms with Gasteiger partial charge in [-0.1, -0.05) is 112 Å². The number of rotatable bonds is 4. The minimum atomic E-state index is -2.82. The molecule has 2 unspecified atom stereocenters. The van der Waals surface area contributed by atoms with Crippen LogP contribution in [0.2, 0.25) is 0 Å². The standard InChI is InChI=1S/C39H47N2OP/c1-43(42)40-39-34(33-23-10-18-29-17-8-21-31(37(29)33)27-13-4-2-5-14-27)24-12-26-36(39)41(43)35-25-11-20-30-19-9-22-32(38(30)35)28-15-6-3-7-16-28/h8-11,17-23,25,27-28,34,36,39H,2-7,12-16,24,26H2,1H3,(H,40,42)/t34?,36-,39?,43-/m1/s1. The molecule has 1 saturated heterocycles. The van der Waals surface area contributed by atoms with Gasteiger partial charge in [-0.15, -0.1) is 0 Å². The van der Waals surface area contributed by atoms with Crippen LogP contribution in [0.1, 0.15) is 118 Å². The summed E-state index contributed by atoms with van der Waals surface area (Å²) in [5, 5.41) is 9.36. The summed E-state index contributed by atoms with van der Waals surface area (Å²) >= 11 is 0. The summed E-state index contributed by atoms with van der Waals surface area (Å²) in [6.07, 6.45) is 16.7. The van der Waals surface area contributed by atoms with Crippen molar-refractivity contribution < 1.29 is 4.57 Å². The summed E-state index contributed by atoms with van der Waals surface area (Å²) < 4.78 is 17.2. The molecular formula is C39H47N2OP. The van der Waals surface area contributed by atoms with Crippen LogP contribution >= 0.6 is 7.44 Å². The first-order chi connectivity index (χ1) is 21.1. The smallest absolute Gasteiger partial charge is 0.234 e. The summed E-state index contributed by atoms with van der Waals surface area (Å²) in [6, 6.07) is 28.0. The van der Waals surface area contributed by atoms with Gasteiger partial charge in [0.05, 0.1) is 11.7 Å². The summed E-state index contributed by atoms with van der Waals surface area (Å²) in [6.45, 7) is 2.00. The Morgan fingerprint density at radius 2 is 1.14 bits per heavy atom. The van der Waals surface area contributed by atoms with E-state index in [4.69, 9.17) is 0 Å². The van der Waals surface area contributed by atoms with Crippen molar-refractivity contribution in [2.75, 3.05) is 11.3 Å². The van der Waals surface area contributed by atoms with E-state index in [1.165, 1.54) is 109 Å². The molecule has 4 aromatic carbocycles. The molecule has 0 spiro atoms. The maximum Gasteiger partial charge on any atom is 0.234 e. The van der Waals surface area contributed by atoms with Gasteiger partial charge < -0.3 is 4.67 Å². The fourth-order valence-electron chi connectivity index (χ4n) is 9.74. The lowest BCUT2D eigenvalue weighted by Crippen LogP contribution is -2.43. The van der Waals surface area contributed by atoms with E-state index in [2.05, 4.69) is 82.6 Å². The van der Waals surface area contributed by atoms with Gasteiger partial charge in [-0.3, -0.25) is 4.57 Å². The maximum absolute atomic E-state index is 14.8. The van der Waals surface area contributed by atoms with E-state index < -0.39 is 7.44 Å². The van der Waals surface area contributed by atoms with Crippen molar-refractivity contribution in [2.45, 2.75) is 113 Å². The molecule has 3 saturated carbocycles. The van der Waals surface area contributed by atoms with Crippen molar-refractivity contribution in [3.63, 3.8) is 0 Å². The highest BCUT2D eigenvalue weighted by Gasteiger charge is 2.51. The van der Waals surface area contributed by atoms with E-state index in [9.17, 15) is 4.57 Å². The quantitative estimate of drug-likeness (QED) is 0.240. The second-order valence-electron chi connectivity index (χ2n) is 14.2. The van der Waals surface area contributed by atoms with Crippen LogP contribution in [-0.2, 0) is 4.57 Å². The number of nitrogens with zero attached hydrogens (tertiary/aromatic N) is 1. The van der Waals surface area contributed by atoms with Crippen molar-refractivity contribution in [1.29, 1.82) is 0 Å². The van der Waals surface area contributed by atoms with Gasteiger partial charge >= 0.3 is 0 Å². The van der Waals surface area contributed by atoms with Crippen molar-refractivity contribution in [1.82, 2.24) is 5.09 Å². The summed E-state index contributed by atoms with van der Waals surface area (Å²) in [5.74, 6) is 1.63. The van der Waals surface area contributed by atoms with E-state index >= 15 is 0 Å². The lowest BCUT2D eigenvalue weighted by Gasteiger charge is -2.38. The second-order valence-corrected chi connectivity index (χ2v) is 16.6. The second kappa shape index (κ2) is 11.4. The first-order valence-electron chi connectivity index (χ1n) is 17.3. The molecule has 3 nitrogen and oxygen atoms in total. The number of benzene rings is 4. The van der Waals surface area contributed by atoms with Crippen molar-refractivity contribution in [3.05, 3.63) is 89.5 Å². The first-order valence-corrected chi connectivity index (χ1v) is 19.4. The molecule has 0 aromatic heterocycles. The van der Waals surface area contributed by atoms with E-state index in [-0.39, 0.29) is 12.1 Å². The number of fused-ring (bicyclic) bond motifs is 3. The minimum Gasteiger partial charge on any atom is -0.306 e. The molecule has 0 radical (unpaired) electrons. The highest BCUT2D eigenvalue weighted by Crippen LogP contribution is 2.59. The van der Waals surface area contributed by atoms with Gasteiger partial charge in [-0.2, -0.15) is 0 Å². The van der Waals surface area contributed by atoms with Crippen LogP contribution in [0.4, 0.5) is 5.69 Å². The molecule has 4 aliphatic rings. The largest absolute Gasteiger partial charge is 0.306 e. The fourth-order valence-corrected chi connectivity index (χ4v) is 12.2. The molecule has 1 heterocycles. The Bertz CT molecular complexity index is 1670. The van der Waals surface area contributed by atoms with E-state index in [0.29, 0.717) is 17.8 Å². The summed E-state index contributed by atoms with van der Waals surface area (Å²) in [4.78, 5) is 0. The number of nitrogens with one attached hydrogen (secondary N) is 1. The lowest BCUT2D eigenvalue weighted by molar-refractivity contribution is 0.344. The van der Waals surface area contributed by atoms with Crippen molar-refractivity contribution >= 4 is 34.7 Å². The molecule has 4 aromatic rings. The van der Waals surface area contributed by atoms with Crippen LogP contribution in [-0.4, -0.2) is 18.7 Å². The molecule has 4 heteroatoms. The molecule has 0 bridgehead atoms. The summed E-state index contributed by atoms with van der Waals surface area (Å²) in [7, 11) is -2.82. The van der Waals surface area contributed by atoms with Crippen LogP contribution in [0.15, 0.2) is 72.8 Å². The Kier molecular flexibility index (Phi) is 7.39. The first kappa shape index (κ1) is 27.9. The maximum atomic E-state index is 14.8. The zero-order valence-electron chi connectivity index (χ0n) is 25.8. The SMILES string of the molecule is C[P@@]1(=O)NC2C(c3cccc4cccc(C5CCCCC5)c34)CCC[C@H]2N1c1cccc2cccc(C3CCCCC3)c12. The predicted octanol–water partition coefficient (Wildman–Crippen LogP) is 11.0. The Labute approximate surface area is 257 Å². The molecule has 1 N–H and O–H groups in total. The molecule has 4 fully saturated rings. The predicted molar refractivity (Wildman–Crippen MR) is 183 cm³/mol. The average Bonchev–Trinajstić information content (AvgIpc) is 3.34. The molecule has 8 rings (SSSR count). The van der Waals surface area contributed by atoms with E-state index in [1.807, 2.05) is 6.66 Å². The van der Waals surface area contributed by atoms with E-state index in [0.717, 1.165) is 12.8 Å². The summed E-state index contributed by atoms with van der Waals surface area (Å²) in [5.41, 5.74) is 5.74. The Morgan fingerprint density at radius 3 is 1.77 bits per heavy atom. The van der Waals surface area contributed by atoms with Crippen LogP contribution in [0.5, 0.6) is 0 Å². The third-order valence-corrected chi connectivity index (χ3v) is 13.7. The zero-order valence-corrected chi connectivity index (χ0v) is 26.7. The Balaban J connectivity index is 1.23. The van der Waals surface area contributed by atoms with Gasteiger partial charge in [-0.05, 0) is 89.3 Å². The topological polar surface area (TPSA) is 32.3 Å². The molecule has 4 atom stereocenters. The minimum absolute atomic E-state index is 0.187. The Morgan fingerprint density at radius 1 is 0.605 bits per heavy atom. The van der Waals surface area contributed by atoms with Crippen LogP contribution in [0, 0.1) is 0 Å². The van der Waals surface area contributed by atoms with Crippen LogP contribution in [0.25, 0.3) is 21.5 Å². The van der Waals surface area contributed by atoms with Gasteiger partial charge in [0.1, 0.15) is 0 Å². The van der Waals surface area contributed by atoms with Crippen molar-refractivity contribution in [2.24, 2.45) is 0 Å². The number of anilines is 1. The lowest BCUT2D eigenvalue weighted by atomic mass is 9.74. The normalized spacial score (nSPS) is 28.9. The third-order valence-electron chi connectivity index (χ3n) is 11.6. The van der Waals surface area contributed by atoms with Gasteiger partial charge in [0.2, 0.25) is 7.44 Å². The van der Waals surface area contributed by atoms with E-state index in [1.54, 1.807) is 5.56 Å². The molecule has 3 aliphatic carbocycles. The van der Waals surface area contributed by atoms with Gasteiger partial charge in [-0.25, -0.2) is 5.09 Å². The third kappa shape index (κ3) is 4.87. The van der Waals surface area contributed by atoms with Crippen molar-refractivity contribution in [3.8, 4) is 0 Å².